The van der Waals surface area contributed by atoms with Crippen molar-refractivity contribution in [1.29, 1.82) is 0 Å². The van der Waals surface area contributed by atoms with E-state index >= 15 is 0 Å². The predicted molar refractivity (Wildman–Crippen MR) is 461 cm³/mol. The Kier molecular flexibility index (Phi) is 40.1. The van der Waals surface area contributed by atoms with Gasteiger partial charge in [0.1, 0.15) is 34.5 Å². The zero-order valence-corrected chi connectivity index (χ0v) is 79.8. The number of esters is 3. The molecule has 0 bridgehead atoms. The van der Waals surface area contributed by atoms with Crippen molar-refractivity contribution < 1.29 is 182 Å². The quantitative estimate of drug-likeness (QED) is 0.0153. The van der Waals surface area contributed by atoms with Gasteiger partial charge >= 0.3 is 60.8 Å². The molecule has 8 aromatic rings. The lowest BCUT2D eigenvalue weighted by Gasteiger charge is -2.31. The van der Waals surface area contributed by atoms with Crippen molar-refractivity contribution in [2.24, 2.45) is 11.5 Å². The first-order valence-corrected chi connectivity index (χ1v) is 43.4. The molecule has 12 rings (SSSR count). The van der Waals surface area contributed by atoms with Crippen LogP contribution in [0, 0.1) is 69.8 Å². The normalized spacial score (nSPS) is 14.4. The minimum Gasteiger partial charge on any atom is -0.476 e. The molecule has 0 spiro atoms. The molecular formula is C88H94Cl2F24N16O16. The highest BCUT2D eigenvalue weighted by molar-refractivity contribution is 5.91. The number of aromatic carboxylic acids is 1. The number of nitrogens with two attached hydrogens (primary N) is 2. The Balaban J connectivity index is 0.000000263. The Morgan fingerprint density at radius 3 is 0.767 bits per heavy atom. The zero-order valence-electron chi connectivity index (χ0n) is 78.2. The van der Waals surface area contributed by atoms with Gasteiger partial charge in [-0.1, -0.05) is 0 Å². The van der Waals surface area contributed by atoms with Crippen LogP contribution in [0.4, 0.5) is 115 Å². The number of nitrogens with zero attached hydrogens (tertiary/aromatic N) is 12. The van der Waals surface area contributed by atoms with E-state index in [0.717, 1.165) is 23.5 Å². The van der Waals surface area contributed by atoms with Crippen LogP contribution in [-0.2, 0) is 146 Å². The van der Waals surface area contributed by atoms with Crippen LogP contribution in [0.15, 0.2) is 48.5 Å². The van der Waals surface area contributed by atoms with Gasteiger partial charge < -0.3 is 88.8 Å². The van der Waals surface area contributed by atoms with Gasteiger partial charge in [0, 0.05) is 126 Å². The number of aromatic nitrogens is 8. The highest BCUT2D eigenvalue weighted by Crippen LogP contribution is 2.39. The van der Waals surface area contributed by atoms with Gasteiger partial charge in [0.2, 0.25) is 46.9 Å². The lowest BCUT2D eigenvalue weighted by atomic mass is 10.0. The van der Waals surface area contributed by atoms with E-state index in [1.54, 1.807) is 41.5 Å². The number of hydrogen-bond donors (Lipinski definition) is 5. The fourth-order valence-electron chi connectivity index (χ4n) is 15.3. The molecule has 0 fully saturated rings. The Bertz CT molecular complexity index is 5970. The standard InChI is InChI=1S/C25H28F6N4O5.C23H24F6N4O5.2C20H20F6N4O3.2ClH/c1-5-39-21(37)20-18-12-34(6-7-35(18)22(33-20)25(29,30)31)19(36)10-14(32-23(38)40-24(2,3)4)8-13-9-16(27)17(28)11-15(13)26;1-22(2,3)38-21(37)30-12(6-11-7-14(25)15(26)9-13(11)24)8-17(34)32-4-5-33-16(10-32)18(19(35)36)31-20(33)23(27,28)29;2*1-2-33-18(32)17-15-9-29(3-4-30(15)19(28-17)20(24,25)26)16(31)7-11(27)5-10-6-13(22)14(23)8-12(10)21;;/h9,11,14H,5-8,10,12H2,1-4H3,(H,32,38);7,9,12H,4-6,8,10H2,1-3H3,(H,30,37)(H,35,36);2*6,8,11H,2-5,7,9,27H2,1H3;2*1H/t14-;12-;2*11-;;/m1111../s1. The van der Waals surface area contributed by atoms with E-state index < -0.39 is 281 Å². The minimum atomic E-state index is -4.93. The molecule has 8 heterocycles. The van der Waals surface area contributed by atoms with Gasteiger partial charge in [0.25, 0.3) is 0 Å². The van der Waals surface area contributed by atoms with Gasteiger partial charge in [-0.2, -0.15) is 52.7 Å². The van der Waals surface area contributed by atoms with Gasteiger partial charge in [-0.05, 0) is 135 Å². The number of alkyl carbamates (subject to hydrolysis) is 2. The van der Waals surface area contributed by atoms with Crippen LogP contribution in [0.1, 0.15) is 198 Å². The average molecular weight is 2160 g/mol. The van der Waals surface area contributed by atoms with E-state index in [9.17, 15) is 158 Å². The number of halogens is 26. The van der Waals surface area contributed by atoms with E-state index in [2.05, 4.69) is 30.6 Å². The highest BCUT2D eigenvalue weighted by atomic mass is 35.5. The molecule has 6 amide bonds. The maximum Gasteiger partial charge on any atom is 0.449 e. The Morgan fingerprint density at radius 2 is 0.548 bits per heavy atom. The lowest BCUT2D eigenvalue weighted by Crippen LogP contribution is -2.45. The number of hydrogen-bond acceptors (Lipinski definition) is 21. The summed E-state index contributed by atoms with van der Waals surface area (Å²) in [5.41, 5.74) is 5.47. The highest BCUT2D eigenvalue weighted by Gasteiger charge is 2.48. The summed E-state index contributed by atoms with van der Waals surface area (Å²) in [6.07, 6.45) is -24.6. The SMILES string of the molecule is CC(C)(C)OC(=O)N[C@@H](CC(=O)N1CCn2c(C(F)(F)F)nc(C(=O)O)c2C1)Cc1cc(F)c(F)cc1F.CCOC(=O)c1nc(C(F)(F)F)n2c1CN(C(=O)C[C@@H](Cc1cc(F)c(F)cc1F)NC(=O)OC(C)(C)C)CC2.CCOC(=O)c1nc(C(F)(F)F)n2c1CN(C(=O)C[C@H](N)Cc1cc(F)c(F)cc1F)CC2.CCOC(=O)c1nc(C(F)(F)F)n2c1CN(C(=O)C[C@H](N)Cc1cc(F)c(F)cc1F)CC2.Cl.Cl. The van der Waals surface area contributed by atoms with Crippen LogP contribution in [0.3, 0.4) is 0 Å². The molecule has 4 aromatic carbocycles. The number of benzene rings is 4. The van der Waals surface area contributed by atoms with Crippen LogP contribution in [0.25, 0.3) is 0 Å². The molecule has 4 aliphatic heterocycles. The summed E-state index contributed by atoms with van der Waals surface area (Å²) in [6.45, 7) is 9.98. The largest absolute Gasteiger partial charge is 0.476 e. The Hall–Kier alpha value is -13.2. The second kappa shape index (κ2) is 48.9. The second-order valence-corrected chi connectivity index (χ2v) is 34.5. The lowest BCUT2D eigenvalue weighted by molar-refractivity contribution is -0.149. The second-order valence-electron chi connectivity index (χ2n) is 34.5. The molecule has 146 heavy (non-hydrogen) atoms. The van der Waals surface area contributed by atoms with E-state index in [-0.39, 0.29) is 174 Å². The number of carboxylic acids is 1. The number of imidazole rings is 4. The zero-order chi connectivity index (χ0) is 108. The topological polar surface area (TPSA) is 397 Å². The smallest absolute Gasteiger partial charge is 0.449 e. The number of rotatable bonds is 25. The first-order chi connectivity index (χ1) is 66.8. The van der Waals surface area contributed by atoms with Crippen LogP contribution >= 0.6 is 24.8 Å². The number of carboxylic acid groups (broad SMARTS) is 1. The summed E-state index contributed by atoms with van der Waals surface area (Å²) in [6, 6.07) is -0.446. The summed E-state index contributed by atoms with van der Waals surface area (Å²) >= 11 is 0. The molecule has 7 N–H and O–H groups in total. The summed E-state index contributed by atoms with van der Waals surface area (Å²) in [4.78, 5) is 142. The fraction of sp³-hybridized carbons (Fsp3) is 0.477. The minimum absolute atomic E-state index is 0. The third-order valence-electron chi connectivity index (χ3n) is 21.5. The fourth-order valence-corrected chi connectivity index (χ4v) is 15.3. The maximum atomic E-state index is 14.3. The Labute approximate surface area is 824 Å². The van der Waals surface area contributed by atoms with Crippen molar-refractivity contribution in [1.82, 2.24) is 68.4 Å². The van der Waals surface area contributed by atoms with Crippen molar-refractivity contribution in [2.45, 2.75) is 226 Å². The van der Waals surface area contributed by atoms with Crippen molar-refractivity contribution in [3.05, 3.63) is 209 Å². The van der Waals surface area contributed by atoms with Gasteiger partial charge in [-0.3, -0.25) is 19.2 Å². The number of carbonyl (C=O) groups excluding carboxylic acids is 9. The monoisotopic (exact) mass is 2160 g/mol. The number of carbonyl (C=O) groups is 10. The molecule has 0 radical (unpaired) electrons. The van der Waals surface area contributed by atoms with E-state index in [4.69, 9.17) is 35.2 Å². The van der Waals surface area contributed by atoms with Crippen LogP contribution in [-0.4, -0.2) is 204 Å². The number of fused-ring (bicyclic) bond motifs is 4. The van der Waals surface area contributed by atoms with E-state index in [0.29, 0.717) is 53.1 Å². The molecule has 0 unspecified atom stereocenters. The van der Waals surface area contributed by atoms with Crippen LogP contribution < -0.4 is 22.1 Å². The summed E-state index contributed by atoms with van der Waals surface area (Å²) in [5, 5.41) is 14.1. The molecule has 4 aliphatic rings. The molecule has 804 valence electrons. The molecule has 0 saturated carbocycles. The molecule has 0 saturated heterocycles. The average Bonchev–Trinajstić information content (AvgIpc) is 1.62. The summed E-state index contributed by atoms with van der Waals surface area (Å²) < 4.78 is 352. The molecule has 58 heteroatoms. The molecule has 4 aromatic heterocycles. The van der Waals surface area contributed by atoms with Crippen LogP contribution in [0.5, 0.6) is 0 Å². The first kappa shape index (κ1) is 120. The maximum absolute atomic E-state index is 14.3. The third kappa shape index (κ3) is 31.2. The van der Waals surface area contributed by atoms with Gasteiger partial charge in [0.15, 0.2) is 69.3 Å². The van der Waals surface area contributed by atoms with Gasteiger partial charge in [0.05, 0.1) is 68.8 Å². The number of amides is 6. The van der Waals surface area contributed by atoms with Crippen molar-refractivity contribution >= 4 is 84.5 Å². The van der Waals surface area contributed by atoms with E-state index in [1.807, 2.05) is 0 Å². The van der Waals surface area contributed by atoms with Gasteiger partial charge in [-0.15, -0.1) is 24.8 Å². The van der Waals surface area contributed by atoms with Gasteiger partial charge in [-0.25, -0.2) is 101 Å². The van der Waals surface area contributed by atoms with Crippen molar-refractivity contribution in [2.75, 3.05) is 46.0 Å². The third-order valence-corrected chi connectivity index (χ3v) is 21.5. The predicted octanol–water partition coefficient (Wildman–Crippen LogP) is 14.7. The molecule has 0 aliphatic carbocycles. The van der Waals surface area contributed by atoms with Crippen LogP contribution in [0.2, 0.25) is 0 Å². The molecule has 4 atom stereocenters. The Morgan fingerprint density at radius 1 is 0.336 bits per heavy atom. The van der Waals surface area contributed by atoms with Crippen molar-refractivity contribution in [3.63, 3.8) is 0 Å². The number of ether oxygens (including phenoxy) is 5. The molecular weight excluding hydrogens is 2060 g/mol. The molecule has 32 nitrogen and oxygen atoms in total. The summed E-state index contributed by atoms with van der Waals surface area (Å²) in [5.74, 6) is -27.7. The number of alkyl halides is 12. The van der Waals surface area contributed by atoms with Crippen molar-refractivity contribution in [3.8, 4) is 0 Å². The van der Waals surface area contributed by atoms with E-state index in [1.165, 1.54) is 30.6 Å². The number of nitrogens with one attached hydrogen (secondary N) is 2. The summed E-state index contributed by atoms with van der Waals surface area (Å²) in [7, 11) is 0. The first-order valence-electron chi connectivity index (χ1n) is 43.4.